The number of hydrogen-bond acceptors (Lipinski definition) is 6. The van der Waals surface area contributed by atoms with Gasteiger partial charge in [0.15, 0.2) is 17.3 Å². The highest BCUT2D eigenvalue weighted by Crippen LogP contribution is 2.36. The van der Waals surface area contributed by atoms with Crippen LogP contribution in [-0.2, 0) is 12.0 Å². The van der Waals surface area contributed by atoms with Gasteiger partial charge < -0.3 is 10.0 Å². The lowest BCUT2D eigenvalue weighted by molar-refractivity contribution is 0.0118. The van der Waals surface area contributed by atoms with E-state index in [9.17, 15) is 9.90 Å². The molecule has 1 aliphatic heterocycles. The summed E-state index contributed by atoms with van der Waals surface area (Å²) in [6.45, 7) is 5.41. The summed E-state index contributed by atoms with van der Waals surface area (Å²) in [5.41, 5.74) is 5.49. The first-order chi connectivity index (χ1) is 20.3. The fraction of sp³-hybridized carbons (Fsp3) is 0.294. The molecule has 42 heavy (non-hydrogen) atoms. The Labute approximate surface area is 250 Å². The Hall–Kier alpha value is -4.07. The predicted octanol–water partition coefficient (Wildman–Crippen LogP) is 6.54. The third-order valence-electron chi connectivity index (χ3n) is 8.24. The minimum atomic E-state index is -0.867. The monoisotopic (exact) mass is 579 g/mol. The minimum Gasteiger partial charge on any atom is -0.385 e. The molecule has 6 rings (SSSR count). The molecule has 214 valence electrons. The summed E-state index contributed by atoms with van der Waals surface area (Å²) in [4.78, 5) is 24.7. The molecule has 0 aliphatic carbocycles. The van der Waals surface area contributed by atoms with Crippen LogP contribution in [0.15, 0.2) is 85.1 Å². The van der Waals surface area contributed by atoms with Crippen LogP contribution >= 0.6 is 11.6 Å². The van der Waals surface area contributed by atoms with Crippen molar-refractivity contribution in [2.75, 3.05) is 18.0 Å². The fourth-order valence-corrected chi connectivity index (χ4v) is 5.88. The Morgan fingerprint density at radius 1 is 0.976 bits per heavy atom. The molecular weight excluding hydrogens is 546 g/mol. The summed E-state index contributed by atoms with van der Waals surface area (Å²) >= 11 is 6.05. The second-order valence-corrected chi connectivity index (χ2v) is 11.8. The van der Waals surface area contributed by atoms with Gasteiger partial charge in [-0.2, -0.15) is 5.10 Å². The normalized spacial score (nSPS) is 15.6. The third-order valence-corrected chi connectivity index (χ3v) is 8.49. The average molecular weight is 580 g/mol. The highest BCUT2D eigenvalue weighted by atomic mass is 35.5. The van der Waals surface area contributed by atoms with Gasteiger partial charge in [-0.05, 0) is 67.3 Å². The van der Waals surface area contributed by atoms with Crippen LogP contribution in [0, 0.1) is 6.92 Å². The van der Waals surface area contributed by atoms with Crippen molar-refractivity contribution in [3.63, 3.8) is 0 Å². The molecule has 0 bridgehead atoms. The second-order valence-electron chi connectivity index (χ2n) is 11.3. The number of Topliss-reactive ketones (excluding diaryl/α,β-unsaturated/α-hetero) is 1. The van der Waals surface area contributed by atoms with E-state index in [0.29, 0.717) is 49.4 Å². The largest absolute Gasteiger partial charge is 0.385 e. The lowest BCUT2D eigenvalue weighted by atomic mass is 9.84. The van der Waals surface area contributed by atoms with Gasteiger partial charge in [-0.15, -0.1) is 0 Å². The molecule has 1 aliphatic rings. The van der Waals surface area contributed by atoms with E-state index >= 15 is 0 Å². The molecular formula is C34H34ClN5O2. The van der Waals surface area contributed by atoms with Gasteiger partial charge in [0, 0.05) is 60.0 Å². The van der Waals surface area contributed by atoms with Crippen LogP contribution < -0.4 is 4.90 Å². The van der Waals surface area contributed by atoms with Crippen molar-refractivity contribution < 1.29 is 9.90 Å². The molecule has 0 amide bonds. The van der Waals surface area contributed by atoms with Crippen LogP contribution in [0.2, 0.25) is 5.02 Å². The zero-order valence-electron chi connectivity index (χ0n) is 23.9. The molecule has 7 nitrogen and oxygen atoms in total. The van der Waals surface area contributed by atoms with Gasteiger partial charge in [0.05, 0.1) is 11.3 Å². The number of aliphatic hydroxyl groups is 1. The molecule has 1 fully saturated rings. The molecule has 0 spiro atoms. The lowest BCUT2D eigenvalue weighted by Crippen LogP contribution is -2.42. The van der Waals surface area contributed by atoms with E-state index in [4.69, 9.17) is 21.7 Å². The quantitative estimate of drug-likeness (QED) is 0.210. The SMILES string of the molecule is Cc1cccc(C(C)CC(=O)c2ccc(Cc3nc4c(N5CCC(O)(c6ccc(Cl)cc6)CC5)cccn4n3)cc2)n1. The maximum atomic E-state index is 12.9. The second kappa shape index (κ2) is 11.7. The van der Waals surface area contributed by atoms with Gasteiger partial charge in [-0.3, -0.25) is 9.78 Å². The number of nitrogens with zero attached hydrogens (tertiary/aromatic N) is 5. The molecule has 1 saturated heterocycles. The number of carbonyl (C=O) groups is 1. The first kappa shape index (κ1) is 28.1. The zero-order valence-corrected chi connectivity index (χ0v) is 24.6. The molecule has 0 radical (unpaired) electrons. The number of ketones is 1. The number of hydrogen-bond donors (Lipinski definition) is 1. The predicted molar refractivity (Wildman–Crippen MR) is 165 cm³/mol. The number of halogens is 1. The smallest absolute Gasteiger partial charge is 0.178 e. The highest BCUT2D eigenvalue weighted by molar-refractivity contribution is 6.30. The molecule has 0 saturated carbocycles. The van der Waals surface area contributed by atoms with Gasteiger partial charge in [0.25, 0.3) is 0 Å². The maximum absolute atomic E-state index is 12.9. The van der Waals surface area contributed by atoms with Crippen molar-refractivity contribution in [1.29, 1.82) is 0 Å². The van der Waals surface area contributed by atoms with Crippen LogP contribution in [0.5, 0.6) is 0 Å². The zero-order chi connectivity index (χ0) is 29.3. The topological polar surface area (TPSA) is 83.6 Å². The standard InChI is InChI=1S/C34H34ClN5O2/c1-23(29-6-3-5-24(2)36-29)21-31(41)26-10-8-25(9-11-26)22-32-37-33-30(7-4-18-40(33)38-32)39-19-16-34(42,17-20-39)27-12-14-28(35)15-13-27/h3-15,18,23,42H,16-17,19-22H2,1-2H3. The van der Waals surface area contributed by atoms with Crippen molar-refractivity contribution in [1.82, 2.24) is 19.6 Å². The Morgan fingerprint density at radius 2 is 1.71 bits per heavy atom. The maximum Gasteiger partial charge on any atom is 0.178 e. The molecule has 2 aromatic carbocycles. The van der Waals surface area contributed by atoms with E-state index in [1.807, 2.05) is 97.4 Å². The number of aryl methyl sites for hydroxylation is 1. The molecule has 3 aromatic heterocycles. The Bertz CT molecular complexity index is 1710. The molecule has 8 heteroatoms. The average Bonchev–Trinajstić information content (AvgIpc) is 3.41. The van der Waals surface area contributed by atoms with E-state index in [0.717, 1.165) is 39.7 Å². The summed E-state index contributed by atoms with van der Waals surface area (Å²) in [5.74, 6) is 0.882. The van der Waals surface area contributed by atoms with Crippen LogP contribution in [0.25, 0.3) is 5.65 Å². The first-order valence-corrected chi connectivity index (χ1v) is 14.8. The van der Waals surface area contributed by atoms with Crippen molar-refractivity contribution in [3.8, 4) is 0 Å². The van der Waals surface area contributed by atoms with Crippen LogP contribution in [-0.4, -0.2) is 43.6 Å². The highest BCUT2D eigenvalue weighted by Gasteiger charge is 2.34. The Balaban J connectivity index is 1.12. The van der Waals surface area contributed by atoms with Crippen molar-refractivity contribution in [2.45, 2.75) is 51.0 Å². The number of fused-ring (bicyclic) bond motifs is 1. The number of carbonyl (C=O) groups excluding carboxylic acids is 1. The molecule has 5 aromatic rings. The van der Waals surface area contributed by atoms with Crippen LogP contribution in [0.1, 0.15) is 70.8 Å². The summed E-state index contributed by atoms with van der Waals surface area (Å²) in [7, 11) is 0. The van der Waals surface area contributed by atoms with Gasteiger partial charge in [-0.25, -0.2) is 9.50 Å². The summed E-state index contributed by atoms with van der Waals surface area (Å²) in [6, 6.07) is 25.2. The summed E-state index contributed by atoms with van der Waals surface area (Å²) in [5, 5.41) is 16.7. The van der Waals surface area contributed by atoms with Crippen molar-refractivity contribution >= 4 is 28.7 Å². The fourth-order valence-electron chi connectivity index (χ4n) is 5.75. The molecule has 4 heterocycles. The third kappa shape index (κ3) is 5.94. The van der Waals surface area contributed by atoms with E-state index in [2.05, 4.69) is 16.0 Å². The number of pyridine rings is 2. The van der Waals surface area contributed by atoms with E-state index in [-0.39, 0.29) is 11.7 Å². The van der Waals surface area contributed by atoms with Crippen LogP contribution in [0.4, 0.5) is 5.69 Å². The van der Waals surface area contributed by atoms with E-state index in [1.54, 1.807) is 0 Å². The van der Waals surface area contributed by atoms with E-state index < -0.39 is 5.60 Å². The number of piperidine rings is 1. The molecule has 1 atom stereocenters. The lowest BCUT2D eigenvalue weighted by Gasteiger charge is -2.39. The molecule has 1 unspecified atom stereocenters. The van der Waals surface area contributed by atoms with Crippen molar-refractivity contribution in [2.24, 2.45) is 0 Å². The minimum absolute atomic E-state index is 0.0552. The van der Waals surface area contributed by atoms with Crippen molar-refractivity contribution in [3.05, 3.63) is 124 Å². The molecule has 1 N–H and O–H groups in total. The van der Waals surface area contributed by atoms with Gasteiger partial charge in [0.2, 0.25) is 0 Å². The Kier molecular flexibility index (Phi) is 7.80. The van der Waals surface area contributed by atoms with Gasteiger partial charge in [-0.1, -0.05) is 61.0 Å². The number of anilines is 1. The van der Waals surface area contributed by atoms with Gasteiger partial charge in [0.1, 0.15) is 0 Å². The summed E-state index contributed by atoms with van der Waals surface area (Å²) in [6.07, 6.45) is 4.12. The van der Waals surface area contributed by atoms with Gasteiger partial charge >= 0.3 is 0 Å². The van der Waals surface area contributed by atoms with Crippen LogP contribution in [0.3, 0.4) is 0 Å². The number of benzene rings is 2. The van der Waals surface area contributed by atoms with E-state index in [1.165, 1.54) is 0 Å². The Morgan fingerprint density at radius 3 is 2.43 bits per heavy atom. The number of aromatic nitrogens is 4. The summed E-state index contributed by atoms with van der Waals surface area (Å²) < 4.78 is 1.82. The number of rotatable bonds is 8. The first-order valence-electron chi connectivity index (χ1n) is 14.4.